The van der Waals surface area contributed by atoms with E-state index < -0.39 is 11.9 Å². The molecule has 0 saturated heterocycles. The third-order valence-corrected chi connectivity index (χ3v) is 2.79. The smallest absolute Gasteiger partial charge is 0.339 e. The Kier molecular flexibility index (Phi) is 4.08. The molecule has 2 rings (SSSR count). The lowest BCUT2D eigenvalue weighted by Crippen LogP contribution is -2.06. The van der Waals surface area contributed by atoms with Gasteiger partial charge in [0.05, 0.1) is 5.56 Å². The van der Waals surface area contributed by atoms with Crippen LogP contribution in [-0.4, -0.2) is 27.3 Å². The zero-order valence-electron chi connectivity index (χ0n) is 10.8. The molecule has 0 aromatic heterocycles. The van der Waals surface area contributed by atoms with E-state index in [0.717, 1.165) is 0 Å². The Morgan fingerprint density at radius 1 is 0.952 bits per heavy atom. The number of hydrogen-bond donors (Lipinski definition) is 3. The van der Waals surface area contributed by atoms with Crippen LogP contribution >= 0.6 is 0 Å². The predicted octanol–water partition coefficient (Wildman–Crippen LogP) is 2.37. The first kappa shape index (κ1) is 14.4. The van der Waals surface area contributed by atoms with Crippen molar-refractivity contribution in [2.45, 2.75) is 6.61 Å². The summed E-state index contributed by atoms with van der Waals surface area (Å²) in [6, 6.07) is 9.77. The molecule has 3 N–H and O–H groups in total. The summed E-state index contributed by atoms with van der Waals surface area (Å²) in [5, 5.41) is 27.2. The van der Waals surface area contributed by atoms with E-state index in [1.165, 1.54) is 30.3 Å². The van der Waals surface area contributed by atoms with Gasteiger partial charge in [-0.05, 0) is 35.9 Å². The van der Waals surface area contributed by atoms with Crippen molar-refractivity contribution in [2.24, 2.45) is 0 Å². The van der Waals surface area contributed by atoms with E-state index in [4.69, 9.17) is 14.9 Å². The summed E-state index contributed by atoms with van der Waals surface area (Å²) in [7, 11) is 0. The minimum atomic E-state index is -1.20. The number of carbonyl (C=O) groups is 2. The molecule has 108 valence electrons. The molecule has 0 unspecified atom stereocenters. The van der Waals surface area contributed by atoms with E-state index in [1.807, 2.05) is 0 Å². The lowest BCUT2D eigenvalue weighted by Gasteiger charge is -2.10. The van der Waals surface area contributed by atoms with Crippen LogP contribution in [0, 0.1) is 0 Å². The van der Waals surface area contributed by atoms with Gasteiger partial charge in [-0.2, -0.15) is 0 Å². The summed E-state index contributed by atoms with van der Waals surface area (Å²) in [5.74, 6) is -2.28. The standard InChI is InChI=1S/C15H12O6/c16-11-4-1-9(2-5-11)8-21-13-7-10(14(17)18)3-6-12(13)15(19)20/h1-7,16H,8H2,(H,17,18)(H,19,20). The minimum Gasteiger partial charge on any atom is -0.508 e. The number of aromatic carboxylic acids is 2. The van der Waals surface area contributed by atoms with Crippen LogP contribution in [0.15, 0.2) is 42.5 Å². The van der Waals surface area contributed by atoms with Crippen LogP contribution in [0.5, 0.6) is 11.5 Å². The van der Waals surface area contributed by atoms with Gasteiger partial charge in [0.1, 0.15) is 23.7 Å². The van der Waals surface area contributed by atoms with E-state index in [1.54, 1.807) is 12.1 Å². The fraction of sp³-hybridized carbons (Fsp3) is 0.0667. The van der Waals surface area contributed by atoms with Crippen LogP contribution in [0.1, 0.15) is 26.3 Å². The molecule has 0 aliphatic rings. The molecule has 2 aromatic rings. The Labute approximate surface area is 119 Å². The summed E-state index contributed by atoms with van der Waals surface area (Å²) < 4.78 is 5.39. The molecule has 21 heavy (non-hydrogen) atoms. The first-order chi connectivity index (χ1) is 9.97. The van der Waals surface area contributed by atoms with E-state index in [2.05, 4.69) is 0 Å². The van der Waals surface area contributed by atoms with Gasteiger partial charge in [-0.25, -0.2) is 9.59 Å². The molecule has 0 atom stereocenters. The largest absolute Gasteiger partial charge is 0.508 e. The van der Waals surface area contributed by atoms with Crippen molar-refractivity contribution in [3.05, 3.63) is 59.2 Å². The average molecular weight is 288 g/mol. The number of rotatable bonds is 5. The first-order valence-electron chi connectivity index (χ1n) is 5.98. The zero-order valence-corrected chi connectivity index (χ0v) is 10.8. The maximum atomic E-state index is 11.1. The topological polar surface area (TPSA) is 104 Å². The maximum Gasteiger partial charge on any atom is 0.339 e. The second kappa shape index (κ2) is 5.96. The molecule has 0 spiro atoms. The minimum absolute atomic E-state index is 0.0181. The summed E-state index contributed by atoms with van der Waals surface area (Å²) >= 11 is 0. The second-order valence-corrected chi connectivity index (χ2v) is 4.28. The molecular weight excluding hydrogens is 276 g/mol. The van der Waals surface area contributed by atoms with Gasteiger partial charge in [0.2, 0.25) is 0 Å². The molecule has 0 fully saturated rings. The Morgan fingerprint density at radius 3 is 2.19 bits per heavy atom. The van der Waals surface area contributed by atoms with Crippen molar-refractivity contribution in [3.63, 3.8) is 0 Å². The van der Waals surface area contributed by atoms with E-state index in [0.29, 0.717) is 5.56 Å². The van der Waals surface area contributed by atoms with Gasteiger partial charge >= 0.3 is 11.9 Å². The molecule has 0 radical (unpaired) electrons. The molecule has 0 aliphatic carbocycles. The number of benzene rings is 2. The predicted molar refractivity (Wildman–Crippen MR) is 72.8 cm³/mol. The first-order valence-corrected chi connectivity index (χ1v) is 5.98. The van der Waals surface area contributed by atoms with Crippen LogP contribution in [0.3, 0.4) is 0 Å². The van der Waals surface area contributed by atoms with Crippen molar-refractivity contribution in [2.75, 3.05) is 0 Å². The Bertz CT molecular complexity index is 675. The SMILES string of the molecule is O=C(O)c1ccc(C(=O)O)c(OCc2ccc(O)cc2)c1. The van der Waals surface area contributed by atoms with Crippen molar-refractivity contribution in [3.8, 4) is 11.5 Å². The number of ether oxygens (including phenoxy) is 1. The third kappa shape index (κ3) is 3.50. The second-order valence-electron chi connectivity index (χ2n) is 4.28. The lowest BCUT2D eigenvalue weighted by molar-refractivity contribution is 0.0676. The summed E-state index contributed by atoms with van der Waals surface area (Å²) in [6.45, 7) is 0.0592. The monoisotopic (exact) mass is 288 g/mol. The zero-order chi connectivity index (χ0) is 15.4. The highest BCUT2D eigenvalue weighted by Crippen LogP contribution is 2.22. The molecule has 0 aliphatic heterocycles. The normalized spacial score (nSPS) is 10.1. The van der Waals surface area contributed by atoms with E-state index in [-0.39, 0.29) is 29.2 Å². The summed E-state index contributed by atoms with van der Waals surface area (Å²) in [4.78, 5) is 22.0. The average Bonchev–Trinajstić information content (AvgIpc) is 2.46. The molecule has 0 heterocycles. The highest BCUT2D eigenvalue weighted by Gasteiger charge is 2.14. The van der Waals surface area contributed by atoms with Gasteiger partial charge in [-0.1, -0.05) is 12.1 Å². The quantitative estimate of drug-likeness (QED) is 0.780. The molecule has 2 aromatic carbocycles. The van der Waals surface area contributed by atoms with Crippen LogP contribution in [0.25, 0.3) is 0 Å². The van der Waals surface area contributed by atoms with Crippen molar-refractivity contribution < 1.29 is 29.6 Å². The van der Waals surface area contributed by atoms with Crippen LogP contribution < -0.4 is 4.74 Å². The van der Waals surface area contributed by atoms with Gasteiger partial charge in [0.25, 0.3) is 0 Å². The van der Waals surface area contributed by atoms with E-state index in [9.17, 15) is 14.7 Å². The molecule has 0 amide bonds. The van der Waals surface area contributed by atoms with Crippen LogP contribution in [0.4, 0.5) is 0 Å². The number of aromatic hydroxyl groups is 1. The molecule has 0 saturated carbocycles. The molecular formula is C15H12O6. The van der Waals surface area contributed by atoms with Gasteiger partial charge < -0.3 is 20.1 Å². The van der Waals surface area contributed by atoms with Crippen LogP contribution in [-0.2, 0) is 6.61 Å². The lowest BCUT2D eigenvalue weighted by atomic mass is 10.1. The fourth-order valence-electron chi connectivity index (χ4n) is 1.70. The van der Waals surface area contributed by atoms with E-state index >= 15 is 0 Å². The summed E-state index contributed by atoms with van der Waals surface area (Å²) in [5.41, 5.74) is 0.546. The molecule has 6 nitrogen and oxygen atoms in total. The van der Waals surface area contributed by atoms with Gasteiger partial charge in [0, 0.05) is 0 Å². The van der Waals surface area contributed by atoms with Crippen molar-refractivity contribution in [1.82, 2.24) is 0 Å². The third-order valence-electron chi connectivity index (χ3n) is 2.79. The maximum absolute atomic E-state index is 11.1. The number of carboxylic acid groups (broad SMARTS) is 2. The van der Waals surface area contributed by atoms with Crippen molar-refractivity contribution >= 4 is 11.9 Å². The van der Waals surface area contributed by atoms with Crippen LogP contribution in [0.2, 0.25) is 0 Å². The Morgan fingerprint density at radius 2 is 1.62 bits per heavy atom. The number of phenols is 1. The number of carboxylic acids is 2. The summed E-state index contributed by atoms with van der Waals surface area (Å²) in [6.07, 6.45) is 0. The highest BCUT2D eigenvalue weighted by molar-refractivity contribution is 5.94. The molecule has 6 heteroatoms. The fourth-order valence-corrected chi connectivity index (χ4v) is 1.70. The Hall–Kier alpha value is -3.02. The molecule has 0 bridgehead atoms. The van der Waals surface area contributed by atoms with Gasteiger partial charge in [-0.15, -0.1) is 0 Å². The van der Waals surface area contributed by atoms with Gasteiger partial charge in [-0.3, -0.25) is 0 Å². The number of phenolic OH excluding ortho intramolecular Hbond substituents is 1. The number of hydrogen-bond acceptors (Lipinski definition) is 4. The Balaban J connectivity index is 2.24. The van der Waals surface area contributed by atoms with Crippen molar-refractivity contribution in [1.29, 1.82) is 0 Å². The van der Waals surface area contributed by atoms with Gasteiger partial charge in [0.15, 0.2) is 0 Å². The highest BCUT2D eigenvalue weighted by atomic mass is 16.5.